The highest BCUT2D eigenvalue weighted by Crippen LogP contribution is 2.28. The van der Waals surface area contributed by atoms with Gasteiger partial charge in [-0.15, -0.1) is 0 Å². The molecule has 0 saturated carbocycles. The van der Waals surface area contributed by atoms with E-state index in [4.69, 9.17) is 9.97 Å². The van der Waals surface area contributed by atoms with Gasteiger partial charge in [-0.3, -0.25) is 9.98 Å². The molecular formula is C21H15N5. The Morgan fingerprint density at radius 1 is 0.885 bits per heavy atom. The zero-order chi connectivity index (χ0) is 17.3. The molecule has 0 bridgehead atoms. The van der Waals surface area contributed by atoms with Crippen molar-refractivity contribution in [2.45, 2.75) is 6.54 Å². The van der Waals surface area contributed by atoms with Crippen molar-refractivity contribution in [1.29, 1.82) is 0 Å². The average Bonchev–Trinajstić information content (AvgIpc) is 3.16. The Labute approximate surface area is 150 Å². The topological polar surface area (TPSA) is 63.1 Å². The van der Waals surface area contributed by atoms with E-state index in [2.05, 4.69) is 33.5 Å². The van der Waals surface area contributed by atoms with Gasteiger partial charge in [0, 0.05) is 35.2 Å². The highest BCUT2D eigenvalue weighted by molar-refractivity contribution is 5.93. The van der Waals surface area contributed by atoms with E-state index in [1.165, 1.54) is 5.56 Å². The Morgan fingerprint density at radius 3 is 2.69 bits per heavy atom. The van der Waals surface area contributed by atoms with Crippen LogP contribution in [0, 0.1) is 0 Å². The van der Waals surface area contributed by atoms with Crippen molar-refractivity contribution in [3.05, 3.63) is 78.1 Å². The van der Waals surface area contributed by atoms with Crippen molar-refractivity contribution in [1.82, 2.24) is 15.0 Å². The average molecular weight is 337 g/mol. The number of fused-ring (bicyclic) bond motifs is 2. The van der Waals surface area contributed by atoms with Crippen molar-refractivity contribution in [3.8, 4) is 11.4 Å². The molecule has 3 heterocycles. The number of aliphatic imine (C=N–C) groups is 1. The van der Waals surface area contributed by atoms with Crippen LogP contribution in [-0.2, 0) is 6.54 Å². The molecule has 0 atom stereocenters. The first kappa shape index (κ1) is 14.7. The molecule has 0 spiro atoms. The number of hydrogen-bond acceptors (Lipinski definition) is 5. The predicted octanol–water partition coefficient (Wildman–Crippen LogP) is 4.37. The fraction of sp³-hybridized carbons (Fsp3) is 0.0476. The van der Waals surface area contributed by atoms with Crippen LogP contribution in [-0.4, -0.2) is 21.2 Å². The maximum atomic E-state index is 4.78. The van der Waals surface area contributed by atoms with Gasteiger partial charge in [0.05, 0.1) is 12.1 Å². The Bertz CT molecular complexity index is 1140. The van der Waals surface area contributed by atoms with Crippen LogP contribution in [0.4, 0.5) is 11.5 Å². The first-order chi connectivity index (χ1) is 12.9. The molecule has 0 amide bonds. The number of anilines is 2. The van der Waals surface area contributed by atoms with Gasteiger partial charge in [-0.2, -0.15) is 0 Å². The molecule has 4 aromatic rings. The minimum atomic E-state index is 0.677. The van der Waals surface area contributed by atoms with Crippen LogP contribution < -0.4 is 5.32 Å². The van der Waals surface area contributed by atoms with E-state index in [1.54, 1.807) is 12.4 Å². The fourth-order valence-corrected chi connectivity index (χ4v) is 3.12. The highest BCUT2D eigenvalue weighted by Gasteiger charge is 2.11. The van der Waals surface area contributed by atoms with E-state index in [-0.39, 0.29) is 0 Å². The van der Waals surface area contributed by atoms with Gasteiger partial charge in [0.1, 0.15) is 5.82 Å². The van der Waals surface area contributed by atoms with Crippen LogP contribution in [0.3, 0.4) is 0 Å². The third-order valence-corrected chi connectivity index (χ3v) is 4.44. The lowest BCUT2D eigenvalue weighted by atomic mass is 10.1. The summed E-state index contributed by atoms with van der Waals surface area (Å²) in [6.45, 7) is 0.762. The lowest BCUT2D eigenvalue weighted by molar-refractivity contribution is 1.11. The zero-order valence-electron chi connectivity index (χ0n) is 13.9. The quantitative estimate of drug-likeness (QED) is 0.603. The minimum absolute atomic E-state index is 0.677. The molecule has 0 radical (unpaired) electrons. The molecule has 0 saturated heterocycles. The smallest absolute Gasteiger partial charge is 0.162 e. The van der Waals surface area contributed by atoms with Gasteiger partial charge in [0.15, 0.2) is 5.82 Å². The summed E-state index contributed by atoms with van der Waals surface area (Å²) in [6, 6.07) is 18.1. The Hall–Kier alpha value is -3.60. The summed E-state index contributed by atoms with van der Waals surface area (Å²) in [5, 5.41) is 4.44. The van der Waals surface area contributed by atoms with Crippen molar-refractivity contribution in [2.75, 3.05) is 5.32 Å². The van der Waals surface area contributed by atoms with Crippen molar-refractivity contribution < 1.29 is 0 Å². The molecule has 1 aliphatic heterocycles. The number of nitrogens with zero attached hydrogens (tertiary/aromatic N) is 4. The first-order valence-corrected chi connectivity index (χ1v) is 8.44. The number of aromatic nitrogens is 3. The summed E-state index contributed by atoms with van der Waals surface area (Å²) in [6.07, 6.45) is 5.42. The van der Waals surface area contributed by atoms with Gasteiger partial charge < -0.3 is 5.32 Å². The second kappa shape index (κ2) is 6.04. The van der Waals surface area contributed by atoms with E-state index in [0.717, 1.165) is 40.1 Å². The molecule has 0 aliphatic carbocycles. The molecule has 5 nitrogen and oxygen atoms in total. The monoisotopic (exact) mass is 337 g/mol. The molecule has 0 fully saturated rings. The van der Waals surface area contributed by atoms with Gasteiger partial charge in [-0.25, -0.2) is 9.97 Å². The summed E-state index contributed by atoms with van der Waals surface area (Å²) in [5.41, 5.74) is 5.24. The SMILES string of the molecule is C1=NCc2ccc(Nc3nc(-c4ccncc4)nc4ccccc34)cc21. The lowest BCUT2D eigenvalue weighted by Gasteiger charge is -2.12. The largest absolute Gasteiger partial charge is 0.340 e. The standard InChI is InChI=1S/C21H15N5/c1-2-4-19-18(3-1)21(26-20(25-19)14-7-9-22-10-8-14)24-17-6-5-15-12-23-13-16(15)11-17/h1-11,13H,12H2,(H,24,25,26). The molecule has 5 heteroatoms. The normalized spacial score (nSPS) is 12.3. The molecule has 1 aliphatic rings. The maximum Gasteiger partial charge on any atom is 0.162 e. The number of para-hydroxylation sites is 1. The van der Waals surface area contributed by atoms with Crippen molar-refractivity contribution >= 4 is 28.6 Å². The number of rotatable bonds is 3. The van der Waals surface area contributed by atoms with Gasteiger partial charge in [-0.05, 0) is 47.5 Å². The number of nitrogens with one attached hydrogen (secondary N) is 1. The van der Waals surface area contributed by atoms with Crippen LogP contribution in [0.5, 0.6) is 0 Å². The highest BCUT2D eigenvalue weighted by atomic mass is 15.0. The third-order valence-electron chi connectivity index (χ3n) is 4.44. The summed E-state index contributed by atoms with van der Waals surface area (Å²) in [4.78, 5) is 17.9. The lowest BCUT2D eigenvalue weighted by Crippen LogP contribution is -2.00. The summed E-state index contributed by atoms with van der Waals surface area (Å²) in [5.74, 6) is 1.47. The Morgan fingerprint density at radius 2 is 1.77 bits per heavy atom. The second-order valence-corrected chi connectivity index (χ2v) is 6.16. The van der Waals surface area contributed by atoms with Crippen LogP contribution in [0.15, 0.2) is 72.0 Å². The van der Waals surface area contributed by atoms with Crippen LogP contribution in [0.25, 0.3) is 22.3 Å². The second-order valence-electron chi connectivity index (χ2n) is 6.16. The van der Waals surface area contributed by atoms with Crippen molar-refractivity contribution in [2.24, 2.45) is 4.99 Å². The Balaban J connectivity index is 1.63. The van der Waals surface area contributed by atoms with Crippen LogP contribution in [0.2, 0.25) is 0 Å². The van der Waals surface area contributed by atoms with Crippen molar-refractivity contribution in [3.63, 3.8) is 0 Å². The van der Waals surface area contributed by atoms with Gasteiger partial charge in [-0.1, -0.05) is 18.2 Å². The molecule has 2 aromatic heterocycles. The van der Waals surface area contributed by atoms with Gasteiger partial charge in [0.2, 0.25) is 0 Å². The molecule has 124 valence electrons. The van der Waals surface area contributed by atoms with E-state index in [0.29, 0.717) is 5.82 Å². The summed E-state index contributed by atoms with van der Waals surface area (Å²) >= 11 is 0. The van der Waals surface area contributed by atoms with Crippen LogP contribution >= 0.6 is 0 Å². The minimum Gasteiger partial charge on any atom is -0.340 e. The molecule has 0 unspecified atom stereocenters. The zero-order valence-corrected chi connectivity index (χ0v) is 13.9. The van der Waals surface area contributed by atoms with E-state index in [9.17, 15) is 0 Å². The molecule has 2 aromatic carbocycles. The number of benzene rings is 2. The molecule has 1 N–H and O–H groups in total. The number of pyridine rings is 1. The van der Waals surface area contributed by atoms with E-state index in [1.807, 2.05) is 42.6 Å². The fourth-order valence-electron chi connectivity index (χ4n) is 3.12. The summed E-state index contributed by atoms with van der Waals surface area (Å²) < 4.78 is 0. The summed E-state index contributed by atoms with van der Waals surface area (Å²) in [7, 11) is 0. The predicted molar refractivity (Wildman–Crippen MR) is 104 cm³/mol. The Kier molecular flexibility index (Phi) is 3.42. The third kappa shape index (κ3) is 2.59. The van der Waals surface area contributed by atoms with Gasteiger partial charge in [0.25, 0.3) is 0 Å². The maximum absolute atomic E-state index is 4.78. The molecule has 26 heavy (non-hydrogen) atoms. The van der Waals surface area contributed by atoms with E-state index >= 15 is 0 Å². The van der Waals surface area contributed by atoms with Crippen LogP contribution in [0.1, 0.15) is 11.1 Å². The van der Waals surface area contributed by atoms with E-state index < -0.39 is 0 Å². The molecular weight excluding hydrogens is 322 g/mol. The number of hydrogen-bond donors (Lipinski definition) is 1. The molecule has 5 rings (SSSR count). The van der Waals surface area contributed by atoms with Gasteiger partial charge >= 0.3 is 0 Å². The first-order valence-electron chi connectivity index (χ1n) is 8.44.